The van der Waals surface area contributed by atoms with Gasteiger partial charge in [-0.05, 0) is 39.9 Å². The summed E-state index contributed by atoms with van der Waals surface area (Å²) in [5, 5.41) is 11.3. The van der Waals surface area contributed by atoms with Gasteiger partial charge in [0, 0.05) is 5.92 Å². The number of carboxylic acid groups (broad SMARTS) is 1. The Hall–Kier alpha value is -4.13. The molecule has 7 nitrogen and oxygen atoms in total. The highest BCUT2D eigenvalue weighted by molar-refractivity contribution is 5.87. The van der Waals surface area contributed by atoms with Crippen molar-refractivity contribution in [2.24, 2.45) is 0 Å². The number of benzene rings is 3. The molecule has 0 bridgehead atoms. The number of fused-ring (bicyclic) bond motifs is 3. The number of rotatable bonds is 7. The summed E-state index contributed by atoms with van der Waals surface area (Å²) in [5.41, 5.74) is 5.28. The minimum Gasteiger partial charge on any atom is -0.478 e. The number of carbonyl (C=O) groups excluding carboxylic acids is 2. The van der Waals surface area contributed by atoms with Gasteiger partial charge < -0.3 is 19.9 Å². The van der Waals surface area contributed by atoms with E-state index >= 15 is 0 Å². The number of carbonyl (C=O) groups is 3. The molecule has 162 valence electrons. The highest BCUT2D eigenvalue weighted by Gasteiger charge is 2.29. The van der Waals surface area contributed by atoms with Crippen molar-refractivity contribution >= 4 is 18.0 Å². The number of carboxylic acids is 1. The minimum absolute atomic E-state index is 0.0227. The quantitative estimate of drug-likeness (QED) is 0.549. The Kier molecular flexibility index (Phi) is 6.17. The van der Waals surface area contributed by atoms with E-state index in [2.05, 4.69) is 17.4 Å². The maximum atomic E-state index is 12.1. The summed E-state index contributed by atoms with van der Waals surface area (Å²) >= 11 is 0. The third kappa shape index (κ3) is 4.62. The van der Waals surface area contributed by atoms with Gasteiger partial charge in [-0.25, -0.2) is 9.59 Å². The molecule has 7 heteroatoms. The first kappa shape index (κ1) is 21.1. The van der Waals surface area contributed by atoms with Gasteiger partial charge in [-0.1, -0.05) is 60.7 Å². The molecule has 0 radical (unpaired) electrons. The average molecular weight is 431 g/mol. The second-order valence-corrected chi connectivity index (χ2v) is 7.34. The van der Waals surface area contributed by atoms with Crippen LogP contribution < -0.4 is 5.32 Å². The standard InChI is InChI=1S/C25H21NO6/c27-23(31-14-16-9-11-17(12-10-16)24(28)29)13-26-25(30)32-15-22-20-7-3-1-5-18(20)19-6-2-4-8-21(19)22/h1-12,22H,13-15H2,(H,26,30)(H,28,29). The van der Waals surface area contributed by atoms with E-state index in [1.807, 2.05) is 36.4 Å². The maximum absolute atomic E-state index is 12.1. The topological polar surface area (TPSA) is 102 Å². The molecule has 0 spiro atoms. The van der Waals surface area contributed by atoms with Crippen LogP contribution in [0, 0.1) is 0 Å². The zero-order valence-corrected chi connectivity index (χ0v) is 17.1. The number of alkyl carbamates (subject to hydrolysis) is 1. The summed E-state index contributed by atoms with van der Waals surface area (Å²) in [5.74, 6) is -1.71. The molecule has 0 fully saturated rings. The first-order chi connectivity index (χ1) is 15.5. The summed E-state index contributed by atoms with van der Waals surface area (Å²) in [7, 11) is 0. The Labute approximate surface area is 184 Å². The highest BCUT2D eigenvalue weighted by atomic mass is 16.6. The number of aromatic carboxylic acids is 1. The predicted molar refractivity (Wildman–Crippen MR) is 116 cm³/mol. The lowest BCUT2D eigenvalue weighted by Gasteiger charge is -2.14. The third-order valence-corrected chi connectivity index (χ3v) is 5.32. The normalized spacial score (nSPS) is 11.9. The molecule has 0 atom stereocenters. The molecule has 0 aromatic heterocycles. The van der Waals surface area contributed by atoms with E-state index in [4.69, 9.17) is 14.6 Å². The summed E-state index contributed by atoms with van der Waals surface area (Å²) in [6.45, 7) is -0.195. The smallest absolute Gasteiger partial charge is 0.407 e. The Morgan fingerprint density at radius 2 is 1.41 bits per heavy atom. The second kappa shape index (κ2) is 9.34. The van der Waals surface area contributed by atoms with Crippen LogP contribution in [0.25, 0.3) is 11.1 Å². The molecule has 0 unspecified atom stereocenters. The van der Waals surface area contributed by atoms with Crippen LogP contribution in [0.2, 0.25) is 0 Å². The van der Waals surface area contributed by atoms with Gasteiger partial charge >= 0.3 is 18.0 Å². The van der Waals surface area contributed by atoms with Gasteiger partial charge in [0.2, 0.25) is 0 Å². The van der Waals surface area contributed by atoms with E-state index in [0.717, 1.165) is 22.3 Å². The lowest BCUT2D eigenvalue weighted by Crippen LogP contribution is -2.32. The van der Waals surface area contributed by atoms with Crippen LogP contribution in [0.4, 0.5) is 4.79 Å². The van der Waals surface area contributed by atoms with E-state index < -0.39 is 18.0 Å². The van der Waals surface area contributed by atoms with Crippen molar-refractivity contribution in [2.75, 3.05) is 13.2 Å². The molecule has 0 heterocycles. The number of hydrogen-bond acceptors (Lipinski definition) is 5. The molecule has 3 aromatic rings. The van der Waals surface area contributed by atoms with Crippen LogP contribution >= 0.6 is 0 Å². The molecule has 1 aliphatic carbocycles. The van der Waals surface area contributed by atoms with Crippen molar-refractivity contribution in [3.8, 4) is 11.1 Å². The average Bonchev–Trinajstić information content (AvgIpc) is 3.14. The minimum atomic E-state index is -1.03. The zero-order valence-electron chi connectivity index (χ0n) is 17.1. The number of nitrogens with one attached hydrogen (secondary N) is 1. The van der Waals surface area contributed by atoms with Crippen LogP contribution in [-0.4, -0.2) is 36.3 Å². The predicted octanol–water partition coefficient (Wildman–Crippen LogP) is 3.97. The fraction of sp³-hybridized carbons (Fsp3) is 0.160. The fourth-order valence-electron chi connectivity index (χ4n) is 3.75. The van der Waals surface area contributed by atoms with Crippen molar-refractivity contribution in [2.45, 2.75) is 12.5 Å². The number of ether oxygens (including phenoxy) is 2. The van der Waals surface area contributed by atoms with Crippen molar-refractivity contribution < 1.29 is 29.0 Å². The van der Waals surface area contributed by atoms with E-state index in [-0.39, 0.29) is 31.2 Å². The van der Waals surface area contributed by atoms with Gasteiger partial charge in [-0.2, -0.15) is 0 Å². The molecule has 3 aromatic carbocycles. The highest BCUT2D eigenvalue weighted by Crippen LogP contribution is 2.44. The van der Waals surface area contributed by atoms with Crippen LogP contribution in [0.3, 0.4) is 0 Å². The molecule has 1 amide bonds. The first-order valence-electron chi connectivity index (χ1n) is 10.1. The zero-order chi connectivity index (χ0) is 22.5. The largest absolute Gasteiger partial charge is 0.478 e. The van der Waals surface area contributed by atoms with Gasteiger partial charge in [0.25, 0.3) is 0 Å². The number of esters is 1. The Balaban J connectivity index is 1.25. The van der Waals surface area contributed by atoms with Crippen molar-refractivity contribution in [1.29, 1.82) is 0 Å². The van der Waals surface area contributed by atoms with E-state index in [1.54, 1.807) is 12.1 Å². The van der Waals surface area contributed by atoms with Crippen molar-refractivity contribution in [3.05, 3.63) is 95.1 Å². The Morgan fingerprint density at radius 3 is 2.00 bits per heavy atom. The lowest BCUT2D eigenvalue weighted by molar-refractivity contribution is -0.143. The molecular weight excluding hydrogens is 410 g/mol. The van der Waals surface area contributed by atoms with Crippen LogP contribution in [0.15, 0.2) is 72.8 Å². The van der Waals surface area contributed by atoms with Crippen LogP contribution in [-0.2, 0) is 20.9 Å². The molecule has 2 N–H and O–H groups in total. The van der Waals surface area contributed by atoms with E-state index in [9.17, 15) is 14.4 Å². The molecule has 1 aliphatic rings. The Morgan fingerprint density at radius 1 is 0.812 bits per heavy atom. The molecule has 32 heavy (non-hydrogen) atoms. The van der Waals surface area contributed by atoms with Gasteiger partial charge in [-0.15, -0.1) is 0 Å². The van der Waals surface area contributed by atoms with Crippen molar-refractivity contribution in [1.82, 2.24) is 5.32 Å². The monoisotopic (exact) mass is 431 g/mol. The summed E-state index contributed by atoms with van der Waals surface area (Å²) in [4.78, 5) is 34.9. The van der Waals surface area contributed by atoms with Crippen LogP contribution in [0.1, 0.15) is 33.0 Å². The van der Waals surface area contributed by atoms with Gasteiger partial charge in [0.15, 0.2) is 0 Å². The summed E-state index contributed by atoms with van der Waals surface area (Å²) in [6, 6.07) is 22.1. The number of amides is 1. The van der Waals surface area contributed by atoms with Gasteiger partial charge in [0.05, 0.1) is 5.56 Å². The lowest BCUT2D eigenvalue weighted by atomic mass is 9.98. The molecular formula is C25H21NO6. The fourth-order valence-corrected chi connectivity index (χ4v) is 3.75. The van der Waals surface area contributed by atoms with Gasteiger partial charge in [-0.3, -0.25) is 4.79 Å². The van der Waals surface area contributed by atoms with Crippen LogP contribution in [0.5, 0.6) is 0 Å². The summed E-state index contributed by atoms with van der Waals surface area (Å²) < 4.78 is 10.5. The maximum Gasteiger partial charge on any atom is 0.407 e. The van der Waals surface area contributed by atoms with E-state index in [0.29, 0.717) is 5.56 Å². The third-order valence-electron chi connectivity index (χ3n) is 5.32. The molecule has 0 aliphatic heterocycles. The Bertz CT molecular complexity index is 1110. The first-order valence-corrected chi connectivity index (χ1v) is 10.1. The van der Waals surface area contributed by atoms with E-state index in [1.165, 1.54) is 12.1 Å². The summed E-state index contributed by atoms with van der Waals surface area (Å²) in [6.07, 6.45) is -0.699. The van der Waals surface area contributed by atoms with Gasteiger partial charge in [0.1, 0.15) is 19.8 Å². The molecule has 0 saturated carbocycles. The van der Waals surface area contributed by atoms with Crippen molar-refractivity contribution in [3.63, 3.8) is 0 Å². The molecule has 4 rings (SSSR count). The SMILES string of the molecule is O=C(CNC(=O)OCC1c2ccccc2-c2ccccc21)OCc1ccc(C(=O)O)cc1. The molecule has 0 saturated heterocycles. The second-order valence-electron chi connectivity index (χ2n) is 7.34. The number of hydrogen-bond donors (Lipinski definition) is 2.